The predicted octanol–water partition coefficient (Wildman–Crippen LogP) is 3.36. The molecule has 0 spiro atoms. The van der Waals surface area contributed by atoms with Crippen LogP contribution in [-0.4, -0.2) is 28.8 Å². The van der Waals surface area contributed by atoms with Crippen molar-refractivity contribution in [1.82, 2.24) is 15.1 Å². The Morgan fingerprint density at radius 2 is 1.96 bits per heavy atom. The van der Waals surface area contributed by atoms with Gasteiger partial charge in [0, 0.05) is 42.9 Å². The highest BCUT2D eigenvalue weighted by Gasteiger charge is 2.31. The van der Waals surface area contributed by atoms with E-state index in [0.29, 0.717) is 30.9 Å². The van der Waals surface area contributed by atoms with Crippen LogP contribution < -0.4 is 10.2 Å². The van der Waals surface area contributed by atoms with Crippen molar-refractivity contribution >= 4 is 17.4 Å². The van der Waals surface area contributed by atoms with Gasteiger partial charge in [-0.25, -0.2) is 4.68 Å². The molecule has 1 aliphatic heterocycles. The van der Waals surface area contributed by atoms with Crippen LogP contribution in [0.15, 0.2) is 48.7 Å². The van der Waals surface area contributed by atoms with E-state index < -0.39 is 11.7 Å². The molecule has 138 valence electrons. The van der Waals surface area contributed by atoms with Crippen LogP contribution in [0.2, 0.25) is 0 Å². The first kappa shape index (κ1) is 18.0. The van der Waals surface area contributed by atoms with Gasteiger partial charge in [0.25, 0.3) is 0 Å². The second-order valence-corrected chi connectivity index (χ2v) is 6.38. The van der Waals surface area contributed by atoms with Crippen LogP contribution in [0.5, 0.6) is 0 Å². The molecule has 3 rings (SSSR count). The lowest BCUT2D eigenvalue weighted by Gasteiger charge is -2.35. The van der Waals surface area contributed by atoms with E-state index in [9.17, 15) is 18.0 Å². The number of nitrogens with zero attached hydrogens (tertiary/aromatic N) is 3. The van der Waals surface area contributed by atoms with Crippen molar-refractivity contribution in [2.24, 2.45) is 5.92 Å². The molecule has 1 atom stereocenters. The zero-order valence-corrected chi connectivity index (χ0v) is 14.3. The molecular weight excluding hydrogens is 345 g/mol. The van der Waals surface area contributed by atoms with E-state index in [1.54, 1.807) is 17.8 Å². The maximum atomic E-state index is 12.8. The number of anilines is 2. The number of amides is 1. The Hall–Kier alpha value is -2.77. The largest absolute Gasteiger partial charge is 0.416 e. The van der Waals surface area contributed by atoms with Gasteiger partial charge in [-0.2, -0.15) is 18.3 Å². The summed E-state index contributed by atoms with van der Waals surface area (Å²) in [6, 6.07) is 6.87. The molecule has 26 heavy (non-hydrogen) atoms. The number of hydrogen-bond donors (Lipinski definition) is 1. The van der Waals surface area contributed by atoms with Crippen molar-refractivity contribution in [3.63, 3.8) is 0 Å². The number of hydrogen-bond acceptors (Lipinski definition) is 3. The van der Waals surface area contributed by atoms with Crippen LogP contribution in [0.25, 0.3) is 0 Å². The Kier molecular flexibility index (Phi) is 4.76. The van der Waals surface area contributed by atoms with Crippen molar-refractivity contribution in [2.75, 3.05) is 18.0 Å². The summed E-state index contributed by atoms with van der Waals surface area (Å²) in [7, 11) is 0. The van der Waals surface area contributed by atoms with Gasteiger partial charge in [0.1, 0.15) is 5.82 Å². The molecule has 0 fully saturated rings. The SMILES string of the molecule is C=C(C)C(=O)NC[C@H]1CN(c2ccc(C(F)(F)F)cc2)c2ccnn2C1. The van der Waals surface area contributed by atoms with Gasteiger partial charge in [-0.3, -0.25) is 4.79 Å². The predicted molar refractivity (Wildman–Crippen MR) is 92.0 cm³/mol. The lowest BCUT2D eigenvalue weighted by Crippen LogP contribution is -2.41. The Morgan fingerprint density at radius 1 is 1.27 bits per heavy atom. The summed E-state index contributed by atoms with van der Waals surface area (Å²) in [6.45, 7) is 6.86. The van der Waals surface area contributed by atoms with Gasteiger partial charge in [0.15, 0.2) is 0 Å². The topological polar surface area (TPSA) is 50.2 Å². The van der Waals surface area contributed by atoms with Gasteiger partial charge in [0.05, 0.1) is 11.8 Å². The molecule has 0 unspecified atom stereocenters. The Morgan fingerprint density at radius 3 is 2.58 bits per heavy atom. The number of carbonyl (C=O) groups is 1. The van der Waals surface area contributed by atoms with Crippen LogP contribution in [0, 0.1) is 5.92 Å². The molecule has 1 aliphatic rings. The van der Waals surface area contributed by atoms with Crippen LogP contribution in [0.1, 0.15) is 12.5 Å². The first-order valence-electron chi connectivity index (χ1n) is 8.16. The molecule has 1 N–H and O–H groups in total. The van der Waals surface area contributed by atoms with Gasteiger partial charge >= 0.3 is 6.18 Å². The van der Waals surface area contributed by atoms with Crippen molar-refractivity contribution in [3.8, 4) is 0 Å². The molecule has 2 aromatic rings. The number of benzene rings is 1. The highest BCUT2D eigenvalue weighted by Crippen LogP contribution is 2.34. The molecule has 0 saturated heterocycles. The number of fused-ring (bicyclic) bond motifs is 1. The zero-order chi connectivity index (χ0) is 18.9. The third-order valence-electron chi connectivity index (χ3n) is 4.29. The van der Waals surface area contributed by atoms with E-state index >= 15 is 0 Å². The van der Waals surface area contributed by atoms with Crippen LogP contribution in [0.3, 0.4) is 0 Å². The maximum absolute atomic E-state index is 12.8. The lowest BCUT2D eigenvalue weighted by atomic mass is 10.1. The third-order valence-corrected chi connectivity index (χ3v) is 4.29. The molecular formula is C18H19F3N4O. The molecule has 8 heteroatoms. The Bertz CT molecular complexity index is 811. The molecule has 1 aromatic heterocycles. The Labute approximate surface area is 149 Å². The standard InChI is InChI=1S/C18H19F3N4O/c1-12(2)17(26)22-9-13-10-24(16-7-8-23-25(16)11-13)15-5-3-14(4-6-15)18(19,20)21/h3-8,13H,1,9-11H2,2H3,(H,22,26)/t13-/m0/s1. The van der Waals surface area contributed by atoms with Gasteiger partial charge in [-0.15, -0.1) is 0 Å². The highest BCUT2D eigenvalue weighted by atomic mass is 19.4. The van der Waals surface area contributed by atoms with Crippen molar-refractivity contribution < 1.29 is 18.0 Å². The van der Waals surface area contributed by atoms with Gasteiger partial charge < -0.3 is 10.2 Å². The third kappa shape index (κ3) is 3.74. The number of halogens is 3. The fourth-order valence-corrected chi connectivity index (χ4v) is 2.93. The van der Waals surface area contributed by atoms with Crippen LogP contribution >= 0.6 is 0 Å². The second kappa shape index (κ2) is 6.86. The molecule has 1 aromatic carbocycles. The van der Waals surface area contributed by atoms with Crippen molar-refractivity contribution in [3.05, 3.63) is 54.2 Å². The van der Waals surface area contributed by atoms with Gasteiger partial charge in [0.2, 0.25) is 5.91 Å². The van der Waals surface area contributed by atoms with Crippen LogP contribution in [-0.2, 0) is 17.5 Å². The summed E-state index contributed by atoms with van der Waals surface area (Å²) in [6.07, 6.45) is -2.71. The second-order valence-electron chi connectivity index (χ2n) is 6.38. The number of rotatable bonds is 4. The summed E-state index contributed by atoms with van der Waals surface area (Å²) in [5, 5.41) is 7.09. The maximum Gasteiger partial charge on any atom is 0.416 e. The quantitative estimate of drug-likeness (QED) is 0.847. The smallest absolute Gasteiger partial charge is 0.352 e. The van der Waals surface area contributed by atoms with E-state index in [1.807, 2.05) is 11.0 Å². The summed E-state index contributed by atoms with van der Waals surface area (Å²) < 4.78 is 40.1. The van der Waals surface area contributed by atoms with E-state index in [2.05, 4.69) is 17.0 Å². The molecule has 5 nitrogen and oxygen atoms in total. The van der Waals surface area contributed by atoms with E-state index in [4.69, 9.17) is 0 Å². The van der Waals surface area contributed by atoms with E-state index in [1.165, 1.54) is 12.1 Å². The minimum Gasteiger partial charge on any atom is -0.352 e. The minimum absolute atomic E-state index is 0.0630. The first-order valence-corrected chi connectivity index (χ1v) is 8.16. The molecule has 0 radical (unpaired) electrons. The van der Waals surface area contributed by atoms with Crippen molar-refractivity contribution in [1.29, 1.82) is 0 Å². The fourth-order valence-electron chi connectivity index (χ4n) is 2.93. The number of alkyl halides is 3. The van der Waals surface area contributed by atoms with E-state index in [-0.39, 0.29) is 11.8 Å². The van der Waals surface area contributed by atoms with Gasteiger partial charge in [-0.1, -0.05) is 6.58 Å². The zero-order valence-electron chi connectivity index (χ0n) is 14.3. The molecule has 1 amide bonds. The lowest BCUT2D eigenvalue weighted by molar-refractivity contribution is -0.137. The molecule has 2 heterocycles. The first-order chi connectivity index (χ1) is 12.3. The van der Waals surface area contributed by atoms with Crippen molar-refractivity contribution in [2.45, 2.75) is 19.6 Å². The monoisotopic (exact) mass is 364 g/mol. The molecule has 0 saturated carbocycles. The minimum atomic E-state index is -4.36. The normalized spacial score (nSPS) is 16.9. The average molecular weight is 364 g/mol. The average Bonchev–Trinajstić information content (AvgIpc) is 3.06. The number of nitrogens with one attached hydrogen (secondary N) is 1. The van der Waals surface area contributed by atoms with Gasteiger partial charge in [-0.05, 0) is 31.2 Å². The van der Waals surface area contributed by atoms with E-state index in [0.717, 1.165) is 18.0 Å². The molecule has 0 aliphatic carbocycles. The molecule has 0 bridgehead atoms. The fraction of sp³-hybridized carbons (Fsp3) is 0.333. The summed E-state index contributed by atoms with van der Waals surface area (Å²) in [5.41, 5.74) is 0.396. The number of aromatic nitrogens is 2. The highest BCUT2D eigenvalue weighted by molar-refractivity contribution is 5.92. The summed E-state index contributed by atoms with van der Waals surface area (Å²) in [5.74, 6) is 0.664. The summed E-state index contributed by atoms with van der Waals surface area (Å²) in [4.78, 5) is 13.6. The Balaban J connectivity index is 1.80. The van der Waals surface area contributed by atoms with Crippen LogP contribution in [0.4, 0.5) is 24.7 Å². The summed E-state index contributed by atoms with van der Waals surface area (Å²) >= 11 is 0. The number of carbonyl (C=O) groups excluding carboxylic acids is 1.